The van der Waals surface area contributed by atoms with Crippen LogP contribution in [-0.4, -0.2) is 60.5 Å². The fourth-order valence-electron chi connectivity index (χ4n) is 4.52. The average molecular weight is 671 g/mol. The number of nitrogens with zero attached hydrogens (tertiary/aromatic N) is 4. The summed E-state index contributed by atoms with van der Waals surface area (Å²) in [6, 6.07) is 7.16. The van der Waals surface area contributed by atoms with Gasteiger partial charge in [-0.05, 0) is 36.4 Å². The lowest BCUT2D eigenvalue weighted by atomic mass is 10.1. The summed E-state index contributed by atoms with van der Waals surface area (Å²) in [6.07, 6.45) is -5.10. The lowest BCUT2D eigenvalue weighted by Gasteiger charge is -2.21. The maximum absolute atomic E-state index is 15.4. The molecule has 0 bridgehead atoms. The van der Waals surface area contributed by atoms with Gasteiger partial charge in [0, 0.05) is 38.8 Å². The van der Waals surface area contributed by atoms with Crippen LogP contribution in [0, 0.1) is 11.6 Å². The third-order valence-electron chi connectivity index (χ3n) is 6.75. The van der Waals surface area contributed by atoms with Gasteiger partial charge in [0.25, 0.3) is 11.5 Å². The first-order valence-electron chi connectivity index (χ1n) is 13.3. The molecule has 2 amide bonds. The maximum atomic E-state index is 15.4. The molecule has 4 rings (SSSR count). The third kappa shape index (κ3) is 7.15. The Labute approximate surface area is 261 Å². The normalized spacial score (nSPS) is 11.4. The molecule has 0 spiro atoms. The predicted octanol–water partition coefficient (Wildman–Crippen LogP) is 4.58. The number of alkyl halides is 5. The van der Waals surface area contributed by atoms with E-state index in [-0.39, 0.29) is 29.4 Å². The number of methoxy groups -OCH3 is 1. The lowest BCUT2D eigenvalue weighted by molar-refractivity contribution is -0.137. The molecule has 2 N–H and O–H groups in total. The van der Waals surface area contributed by atoms with E-state index in [1.807, 2.05) is 0 Å². The first-order chi connectivity index (χ1) is 22.1. The molecule has 0 unspecified atom stereocenters. The van der Waals surface area contributed by atoms with Gasteiger partial charge in [-0.1, -0.05) is 0 Å². The Hall–Kier alpha value is -5.55. The number of amides is 2. The molecular formula is C29H25F7N6O5. The molecule has 0 saturated carbocycles. The van der Waals surface area contributed by atoms with Crippen molar-refractivity contribution >= 4 is 23.3 Å². The van der Waals surface area contributed by atoms with E-state index < -0.39 is 70.1 Å². The summed E-state index contributed by atoms with van der Waals surface area (Å²) in [5, 5.41) is 4.53. The van der Waals surface area contributed by atoms with Gasteiger partial charge in [-0.3, -0.25) is 19.1 Å². The van der Waals surface area contributed by atoms with Crippen LogP contribution in [0.3, 0.4) is 0 Å². The molecule has 2 aromatic heterocycles. The molecular weight excluding hydrogens is 645 g/mol. The number of carbonyl (C=O) groups excluding carboxylic acids is 2. The Bertz CT molecular complexity index is 1850. The second-order valence-corrected chi connectivity index (χ2v) is 9.75. The van der Waals surface area contributed by atoms with Crippen LogP contribution < -0.4 is 30.6 Å². The molecule has 0 radical (unpaired) electrons. The minimum Gasteiger partial charge on any atom is -0.497 e. The number of ether oxygens (including phenoxy) is 2. The summed E-state index contributed by atoms with van der Waals surface area (Å²) >= 11 is 0. The number of rotatable bonds is 10. The number of hydrogen-bond acceptors (Lipinski definition) is 7. The molecule has 0 aliphatic carbocycles. The van der Waals surface area contributed by atoms with Crippen LogP contribution in [0.15, 0.2) is 53.3 Å². The number of pyridine rings is 1. The van der Waals surface area contributed by atoms with E-state index in [0.717, 1.165) is 56.6 Å². The van der Waals surface area contributed by atoms with Crippen molar-refractivity contribution < 1.29 is 49.8 Å². The van der Waals surface area contributed by atoms with Gasteiger partial charge in [-0.2, -0.15) is 26.6 Å². The molecule has 18 heteroatoms. The fourth-order valence-corrected chi connectivity index (χ4v) is 4.52. The van der Waals surface area contributed by atoms with E-state index in [2.05, 4.69) is 20.4 Å². The number of nitrogens with one attached hydrogen (secondary N) is 2. The number of aromatic nitrogens is 3. The number of hydrogen-bond donors (Lipinski definition) is 2. The van der Waals surface area contributed by atoms with Crippen LogP contribution >= 0.6 is 0 Å². The monoisotopic (exact) mass is 670 g/mol. The van der Waals surface area contributed by atoms with Crippen LogP contribution in [0.1, 0.15) is 15.9 Å². The van der Waals surface area contributed by atoms with Crippen molar-refractivity contribution in [3.05, 3.63) is 81.6 Å². The van der Waals surface area contributed by atoms with Crippen molar-refractivity contribution in [2.45, 2.75) is 12.8 Å². The Morgan fingerprint density at radius 2 is 1.64 bits per heavy atom. The van der Waals surface area contributed by atoms with E-state index in [0.29, 0.717) is 15.4 Å². The molecule has 0 aliphatic heterocycles. The number of benzene rings is 2. The van der Waals surface area contributed by atoms with Gasteiger partial charge >= 0.3 is 12.8 Å². The highest BCUT2D eigenvalue weighted by Gasteiger charge is 2.38. The fraction of sp³-hybridized carbons (Fsp3) is 0.241. The highest BCUT2D eigenvalue weighted by molar-refractivity contribution is 6.06. The first kappa shape index (κ1) is 34.3. The summed E-state index contributed by atoms with van der Waals surface area (Å²) in [6.45, 7) is -3.50. The summed E-state index contributed by atoms with van der Waals surface area (Å²) in [7, 11) is 4.82. The SMILES string of the molecule is CNC(=O)CN(C)c1ccc(C(F)(F)F)c(-n2c(=O)c(NC(=O)c3ccc(OC(F)F)cc3)c(-c3c(F)cc(OC)cc3F)n2C)n1. The number of anilines is 2. The summed E-state index contributed by atoms with van der Waals surface area (Å²) in [4.78, 5) is 44.2. The van der Waals surface area contributed by atoms with Crippen molar-refractivity contribution in [2.24, 2.45) is 7.05 Å². The van der Waals surface area contributed by atoms with Gasteiger partial charge in [0.05, 0.1) is 19.2 Å². The van der Waals surface area contributed by atoms with Crippen LogP contribution in [0.25, 0.3) is 17.1 Å². The molecule has 11 nitrogen and oxygen atoms in total. The highest BCUT2D eigenvalue weighted by atomic mass is 19.4. The topological polar surface area (TPSA) is 120 Å². The number of carbonyl (C=O) groups is 2. The Kier molecular flexibility index (Phi) is 9.81. The minimum atomic E-state index is -5.10. The molecule has 0 saturated heterocycles. The molecule has 0 fully saturated rings. The smallest absolute Gasteiger partial charge is 0.420 e. The zero-order valence-corrected chi connectivity index (χ0v) is 24.9. The van der Waals surface area contributed by atoms with Gasteiger partial charge in [-0.15, -0.1) is 0 Å². The molecule has 4 aromatic rings. The standard InChI is InChI=1S/C29H25F7N6O5/c1-37-21(43)13-40(2)20-10-9-17(29(34,35)36)25(38-20)42-27(45)23(39-26(44)14-5-7-15(8-6-14)47-28(32)33)24(41(42)3)22-18(30)11-16(46-4)12-19(22)31/h5-12,28H,13H2,1-4H3,(H,37,43)(H,39,44). The van der Waals surface area contributed by atoms with Gasteiger partial charge in [0.2, 0.25) is 5.91 Å². The van der Waals surface area contributed by atoms with Gasteiger partial charge in [0.1, 0.15) is 45.9 Å². The van der Waals surface area contributed by atoms with Crippen molar-refractivity contribution in [1.82, 2.24) is 19.7 Å². The van der Waals surface area contributed by atoms with Crippen molar-refractivity contribution in [3.63, 3.8) is 0 Å². The maximum Gasteiger partial charge on any atom is 0.420 e. The predicted molar refractivity (Wildman–Crippen MR) is 154 cm³/mol. The van der Waals surface area contributed by atoms with Gasteiger partial charge < -0.3 is 25.0 Å². The Morgan fingerprint density at radius 1 is 1.02 bits per heavy atom. The number of halogens is 7. The third-order valence-corrected chi connectivity index (χ3v) is 6.75. The molecule has 0 atom stereocenters. The average Bonchev–Trinajstić information content (AvgIpc) is 3.23. The zero-order chi connectivity index (χ0) is 34.8. The molecule has 0 aliphatic rings. The van der Waals surface area contributed by atoms with Crippen molar-refractivity contribution in [3.8, 4) is 28.6 Å². The molecule has 2 aromatic carbocycles. The Morgan fingerprint density at radius 3 is 2.17 bits per heavy atom. The van der Waals surface area contributed by atoms with E-state index in [1.165, 1.54) is 19.0 Å². The van der Waals surface area contributed by atoms with Crippen LogP contribution in [0.2, 0.25) is 0 Å². The largest absolute Gasteiger partial charge is 0.497 e. The first-order valence-corrected chi connectivity index (χ1v) is 13.3. The van der Waals surface area contributed by atoms with E-state index in [9.17, 15) is 36.3 Å². The summed E-state index contributed by atoms with van der Waals surface area (Å²) in [5.41, 5.74) is -5.53. The quantitative estimate of drug-likeness (QED) is 0.237. The van der Waals surface area contributed by atoms with E-state index in [1.54, 1.807) is 0 Å². The number of likely N-dealkylation sites (N-methyl/N-ethyl adjacent to an activating group) is 2. The molecule has 47 heavy (non-hydrogen) atoms. The molecule has 2 heterocycles. The van der Waals surface area contributed by atoms with Crippen LogP contribution in [-0.2, 0) is 18.0 Å². The zero-order valence-electron chi connectivity index (χ0n) is 24.9. The molecule has 250 valence electrons. The van der Waals surface area contributed by atoms with Crippen LogP contribution in [0.5, 0.6) is 11.5 Å². The highest BCUT2D eigenvalue weighted by Crippen LogP contribution is 2.37. The van der Waals surface area contributed by atoms with E-state index in [4.69, 9.17) is 4.74 Å². The van der Waals surface area contributed by atoms with Gasteiger partial charge in [0.15, 0.2) is 5.82 Å². The minimum absolute atomic E-state index is 0.190. The lowest BCUT2D eigenvalue weighted by Crippen LogP contribution is -2.34. The Balaban J connectivity index is 1.98. The van der Waals surface area contributed by atoms with Crippen LogP contribution in [0.4, 0.5) is 42.2 Å². The summed E-state index contributed by atoms with van der Waals surface area (Å²) < 4.78 is 109. The second-order valence-electron chi connectivity index (χ2n) is 9.75. The van der Waals surface area contributed by atoms with Crippen molar-refractivity contribution in [2.75, 3.05) is 38.0 Å². The van der Waals surface area contributed by atoms with Gasteiger partial charge in [-0.25, -0.2) is 13.8 Å². The summed E-state index contributed by atoms with van der Waals surface area (Å²) in [5.74, 6) is -6.03. The van der Waals surface area contributed by atoms with E-state index >= 15 is 8.78 Å². The van der Waals surface area contributed by atoms with Crippen molar-refractivity contribution in [1.29, 1.82) is 0 Å². The second kappa shape index (κ2) is 13.4.